The first kappa shape index (κ1) is 12.0. The number of nitrogens with zero attached hydrogens (tertiary/aromatic N) is 2. The van der Waals surface area contributed by atoms with E-state index in [-0.39, 0.29) is 5.69 Å². The summed E-state index contributed by atoms with van der Waals surface area (Å²) in [5.74, 6) is 0. The summed E-state index contributed by atoms with van der Waals surface area (Å²) in [5, 5.41) is 14.4. The zero-order chi connectivity index (χ0) is 13.0. The Bertz CT molecular complexity index is 560. The van der Waals surface area contributed by atoms with Crippen LogP contribution in [-0.2, 0) is 11.2 Å². The van der Waals surface area contributed by atoms with Crippen molar-refractivity contribution >= 4 is 12.0 Å². The van der Waals surface area contributed by atoms with Gasteiger partial charge in [0.15, 0.2) is 0 Å². The van der Waals surface area contributed by atoms with Crippen LogP contribution >= 0.6 is 0 Å². The lowest BCUT2D eigenvalue weighted by molar-refractivity contribution is -0.384. The fourth-order valence-electron chi connectivity index (χ4n) is 1.63. The minimum atomic E-state index is -0.454. The average molecular weight is 246 g/mol. The Labute approximate surface area is 102 Å². The number of carbonyl (C=O) groups is 1. The SMILES string of the molecule is O=CCCc1nocc1-c1ccc([N+](=O)[O-])cc1. The molecule has 6 heteroatoms. The normalized spacial score (nSPS) is 10.2. The Morgan fingerprint density at radius 3 is 2.67 bits per heavy atom. The van der Waals surface area contributed by atoms with Crippen molar-refractivity contribution in [2.24, 2.45) is 0 Å². The Kier molecular flexibility index (Phi) is 3.47. The minimum Gasteiger partial charge on any atom is -0.364 e. The lowest BCUT2D eigenvalue weighted by Crippen LogP contribution is -1.90. The fourth-order valence-corrected chi connectivity index (χ4v) is 1.63. The maximum absolute atomic E-state index is 10.5. The van der Waals surface area contributed by atoms with Gasteiger partial charge in [-0.05, 0) is 17.7 Å². The summed E-state index contributed by atoms with van der Waals surface area (Å²) in [6.45, 7) is 0. The Morgan fingerprint density at radius 1 is 1.33 bits per heavy atom. The van der Waals surface area contributed by atoms with E-state index in [4.69, 9.17) is 4.52 Å². The summed E-state index contributed by atoms with van der Waals surface area (Å²) in [4.78, 5) is 20.4. The summed E-state index contributed by atoms with van der Waals surface area (Å²) in [7, 11) is 0. The maximum Gasteiger partial charge on any atom is 0.269 e. The maximum atomic E-state index is 10.5. The summed E-state index contributed by atoms with van der Waals surface area (Å²) in [6, 6.07) is 6.11. The fraction of sp³-hybridized carbons (Fsp3) is 0.167. The van der Waals surface area contributed by atoms with Gasteiger partial charge >= 0.3 is 0 Å². The first-order chi connectivity index (χ1) is 8.72. The predicted molar refractivity (Wildman–Crippen MR) is 63.0 cm³/mol. The summed E-state index contributed by atoms with van der Waals surface area (Å²) >= 11 is 0. The van der Waals surface area contributed by atoms with Gasteiger partial charge in [-0.25, -0.2) is 0 Å². The van der Waals surface area contributed by atoms with Gasteiger partial charge in [0.2, 0.25) is 0 Å². The molecule has 0 radical (unpaired) electrons. The van der Waals surface area contributed by atoms with Crippen molar-refractivity contribution in [3.63, 3.8) is 0 Å². The molecule has 0 unspecified atom stereocenters. The first-order valence-corrected chi connectivity index (χ1v) is 5.34. The summed E-state index contributed by atoms with van der Waals surface area (Å²) < 4.78 is 4.87. The molecule has 2 rings (SSSR count). The molecular weight excluding hydrogens is 236 g/mol. The van der Waals surface area contributed by atoms with Crippen LogP contribution in [0.2, 0.25) is 0 Å². The second-order valence-corrected chi connectivity index (χ2v) is 3.68. The topological polar surface area (TPSA) is 86.2 Å². The number of aryl methyl sites for hydroxylation is 1. The van der Waals surface area contributed by atoms with Gasteiger partial charge in [0.05, 0.1) is 10.6 Å². The van der Waals surface area contributed by atoms with E-state index >= 15 is 0 Å². The summed E-state index contributed by atoms with van der Waals surface area (Å²) in [6.07, 6.45) is 3.15. The molecule has 0 N–H and O–H groups in total. The molecular formula is C12H10N2O4. The van der Waals surface area contributed by atoms with Crippen LogP contribution in [0.5, 0.6) is 0 Å². The second kappa shape index (κ2) is 5.22. The molecule has 0 atom stereocenters. The van der Waals surface area contributed by atoms with Crippen LogP contribution in [0.4, 0.5) is 5.69 Å². The zero-order valence-electron chi connectivity index (χ0n) is 9.41. The van der Waals surface area contributed by atoms with Crippen molar-refractivity contribution in [2.45, 2.75) is 12.8 Å². The molecule has 0 aliphatic carbocycles. The smallest absolute Gasteiger partial charge is 0.269 e. The summed E-state index contributed by atoms with van der Waals surface area (Å²) in [5.41, 5.74) is 2.25. The number of rotatable bonds is 5. The molecule has 1 heterocycles. The number of aldehydes is 1. The molecule has 0 fully saturated rings. The highest BCUT2D eigenvalue weighted by atomic mass is 16.6. The number of hydrogen-bond donors (Lipinski definition) is 0. The third-order valence-electron chi connectivity index (χ3n) is 2.53. The molecule has 2 aromatic rings. The van der Waals surface area contributed by atoms with Crippen molar-refractivity contribution in [1.82, 2.24) is 5.16 Å². The first-order valence-electron chi connectivity index (χ1n) is 5.34. The monoisotopic (exact) mass is 246 g/mol. The molecule has 92 valence electrons. The average Bonchev–Trinajstić information content (AvgIpc) is 2.84. The van der Waals surface area contributed by atoms with Crippen LogP contribution in [0.25, 0.3) is 11.1 Å². The van der Waals surface area contributed by atoms with E-state index in [1.165, 1.54) is 18.4 Å². The molecule has 1 aromatic heterocycles. The van der Waals surface area contributed by atoms with Crippen molar-refractivity contribution in [3.05, 3.63) is 46.3 Å². The molecule has 6 nitrogen and oxygen atoms in total. The van der Waals surface area contributed by atoms with Gasteiger partial charge in [-0.1, -0.05) is 5.16 Å². The zero-order valence-corrected chi connectivity index (χ0v) is 9.41. The van der Waals surface area contributed by atoms with E-state index in [1.54, 1.807) is 12.1 Å². The van der Waals surface area contributed by atoms with E-state index in [1.807, 2.05) is 0 Å². The standard InChI is InChI=1S/C12H10N2O4/c15-7-1-2-12-11(8-18-13-12)9-3-5-10(6-4-9)14(16)17/h3-8H,1-2H2. The van der Waals surface area contributed by atoms with Crippen LogP contribution in [0.3, 0.4) is 0 Å². The highest BCUT2D eigenvalue weighted by Gasteiger charge is 2.11. The van der Waals surface area contributed by atoms with Crippen LogP contribution in [0.1, 0.15) is 12.1 Å². The number of hydrogen-bond acceptors (Lipinski definition) is 5. The van der Waals surface area contributed by atoms with Crippen molar-refractivity contribution < 1.29 is 14.2 Å². The number of carbonyl (C=O) groups excluding carboxylic acids is 1. The van der Waals surface area contributed by atoms with Crippen molar-refractivity contribution in [1.29, 1.82) is 0 Å². The lowest BCUT2D eigenvalue weighted by atomic mass is 10.0. The van der Waals surface area contributed by atoms with E-state index in [0.29, 0.717) is 18.5 Å². The van der Waals surface area contributed by atoms with Crippen molar-refractivity contribution in [3.8, 4) is 11.1 Å². The van der Waals surface area contributed by atoms with Gasteiger partial charge in [0.1, 0.15) is 12.5 Å². The van der Waals surface area contributed by atoms with Gasteiger partial charge in [0.25, 0.3) is 5.69 Å². The van der Waals surface area contributed by atoms with Crippen LogP contribution in [-0.4, -0.2) is 16.4 Å². The molecule has 0 bridgehead atoms. The van der Waals surface area contributed by atoms with Gasteiger partial charge in [-0.2, -0.15) is 0 Å². The lowest BCUT2D eigenvalue weighted by Gasteiger charge is -1.99. The number of benzene rings is 1. The second-order valence-electron chi connectivity index (χ2n) is 3.68. The molecule has 1 aromatic carbocycles. The van der Waals surface area contributed by atoms with Crippen LogP contribution in [0.15, 0.2) is 35.1 Å². The van der Waals surface area contributed by atoms with Crippen LogP contribution < -0.4 is 0 Å². The van der Waals surface area contributed by atoms with E-state index in [0.717, 1.165) is 17.4 Å². The van der Waals surface area contributed by atoms with Gasteiger partial charge in [0, 0.05) is 30.5 Å². The Balaban J connectivity index is 2.28. The molecule has 0 aliphatic heterocycles. The largest absolute Gasteiger partial charge is 0.364 e. The quantitative estimate of drug-likeness (QED) is 0.459. The van der Waals surface area contributed by atoms with E-state index in [9.17, 15) is 14.9 Å². The van der Waals surface area contributed by atoms with Crippen molar-refractivity contribution in [2.75, 3.05) is 0 Å². The van der Waals surface area contributed by atoms with E-state index in [2.05, 4.69) is 5.16 Å². The Hall–Kier alpha value is -2.50. The molecule has 0 saturated heterocycles. The third kappa shape index (κ3) is 2.42. The highest BCUT2D eigenvalue weighted by molar-refractivity contribution is 5.66. The number of aromatic nitrogens is 1. The molecule has 0 spiro atoms. The molecule has 0 aliphatic rings. The predicted octanol–water partition coefficient (Wildman–Crippen LogP) is 2.38. The number of nitro groups is 1. The molecule has 18 heavy (non-hydrogen) atoms. The minimum absolute atomic E-state index is 0.0321. The molecule has 0 saturated carbocycles. The van der Waals surface area contributed by atoms with E-state index < -0.39 is 4.92 Å². The van der Waals surface area contributed by atoms with Crippen LogP contribution in [0, 0.1) is 10.1 Å². The highest BCUT2D eigenvalue weighted by Crippen LogP contribution is 2.25. The van der Waals surface area contributed by atoms with Gasteiger partial charge in [-0.3, -0.25) is 10.1 Å². The number of nitro benzene ring substituents is 1. The number of non-ortho nitro benzene ring substituents is 1. The van der Waals surface area contributed by atoms with Gasteiger partial charge < -0.3 is 9.32 Å². The van der Waals surface area contributed by atoms with Gasteiger partial charge in [-0.15, -0.1) is 0 Å². The third-order valence-corrected chi connectivity index (χ3v) is 2.53. The Morgan fingerprint density at radius 2 is 2.06 bits per heavy atom. The molecule has 0 amide bonds.